The van der Waals surface area contributed by atoms with E-state index in [4.69, 9.17) is 0 Å². The van der Waals surface area contributed by atoms with Crippen LogP contribution in [0.5, 0.6) is 0 Å². The van der Waals surface area contributed by atoms with Crippen molar-refractivity contribution in [3.05, 3.63) is 28.7 Å². The monoisotopic (exact) mass is 330 g/mol. The molecule has 0 saturated heterocycles. The van der Waals surface area contributed by atoms with Gasteiger partial charge in [0.05, 0.1) is 0 Å². The topological polar surface area (TPSA) is 41.1 Å². The highest BCUT2D eigenvalue weighted by molar-refractivity contribution is 9.10. The van der Waals surface area contributed by atoms with E-state index in [2.05, 4.69) is 45.6 Å². The van der Waals surface area contributed by atoms with Crippen molar-refractivity contribution >= 4 is 33.6 Å². The van der Waals surface area contributed by atoms with E-state index < -0.39 is 0 Å². The highest BCUT2D eigenvalue weighted by Gasteiger charge is 2.01. The molecule has 0 heterocycles. The highest BCUT2D eigenvalue weighted by atomic mass is 79.9. The third-order valence-electron chi connectivity index (χ3n) is 2.29. The second-order valence-electron chi connectivity index (χ2n) is 3.76. The summed E-state index contributed by atoms with van der Waals surface area (Å²) in [6.45, 7) is 4.53. The van der Waals surface area contributed by atoms with E-state index >= 15 is 0 Å². The Balaban J connectivity index is 2.10. The first-order chi connectivity index (χ1) is 8.72. The van der Waals surface area contributed by atoms with Crippen molar-refractivity contribution in [2.24, 2.45) is 0 Å². The lowest BCUT2D eigenvalue weighted by Gasteiger charge is -2.05. The van der Waals surface area contributed by atoms with Crippen molar-refractivity contribution in [3.8, 4) is 0 Å². The molecule has 0 unspecified atom stereocenters. The van der Waals surface area contributed by atoms with Gasteiger partial charge in [-0.1, -0.05) is 22.9 Å². The normalized spacial score (nSPS) is 10.3. The maximum atomic E-state index is 11.5. The van der Waals surface area contributed by atoms with Crippen LogP contribution in [0.2, 0.25) is 0 Å². The van der Waals surface area contributed by atoms with Gasteiger partial charge in [0, 0.05) is 34.6 Å². The third kappa shape index (κ3) is 7.03. The zero-order valence-corrected chi connectivity index (χ0v) is 12.9. The van der Waals surface area contributed by atoms with Crippen molar-refractivity contribution in [2.75, 3.05) is 25.4 Å². The van der Waals surface area contributed by atoms with Gasteiger partial charge < -0.3 is 10.6 Å². The molecule has 0 atom stereocenters. The fraction of sp³-hybridized carbons (Fsp3) is 0.462. The average Bonchev–Trinajstić information content (AvgIpc) is 2.37. The predicted octanol–water partition coefficient (Wildman–Crippen LogP) is 2.66. The lowest BCUT2D eigenvalue weighted by molar-refractivity contribution is -0.120. The molecule has 18 heavy (non-hydrogen) atoms. The largest absolute Gasteiger partial charge is 0.355 e. The maximum absolute atomic E-state index is 11.5. The van der Waals surface area contributed by atoms with E-state index in [1.165, 1.54) is 4.90 Å². The van der Waals surface area contributed by atoms with E-state index in [1.807, 2.05) is 12.1 Å². The van der Waals surface area contributed by atoms with Gasteiger partial charge in [0.1, 0.15) is 0 Å². The first-order valence-corrected chi connectivity index (χ1v) is 7.86. The second-order valence-corrected chi connectivity index (χ2v) is 5.84. The highest BCUT2D eigenvalue weighted by Crippen LogP contribution is 2.20. The first-order valence-electron chi connectivity index (χ1n) is 6.08. The number of benzene rings is 1. The quantitative estimate of drug-likeness (QED) is 0.568. The number of hydrogen-bond donors (Lipinski definition) is 2. The van der Waals surface area contributed by atoms with Crippen molar-refractivity contribution in [1.82, 2.24) is 10.6 Å². The SMILES string of the molecule is CCNCCNC(=O)CCSc1ccc(Br)cc1. The van der Waals surface area contributed by atoms with Crippen LogP contribution in [0.15, 0.2) is 33.6 Å². The molecule has 0 aliphatic heterocycles. The van der Waals surface area contributed by atoms with Gasteiger partial charge >= 0.3 is 0 Å². The molecule has 100 valence electrons. The average molecular weight is 331 g/mol. The number of amides is 1. The summed E-state index contributed by atoms with van der Waals surface area (Å²) in [5.74, 6) is 0.937. The molecule has 0 fully saturated rings. The van der Waals surface area contributed by atoms with Crippen molar-refractivity contribution in [3.63, 3.8) is 0 Å². The Morgan fingerprint density at radius 1 is 1.28 bits per heavy atom. The van der Waals surface area contributed by atoms with E-state index in [1.54, 1.807) is 11.8 Å². The summed E-state index contributed by atoms with van der Waals surface area (Å²) < 4.78 is 1.08. The number of carbonyl (C=O) groups is 1. The number of nitrogens with one attached hydrogen (secondary N) is 2. The fourth-order valence-electron chi connectivity index (χ4n) is 1.35. The molecular weight excluding hydrogens is 312 g/mol. The minimum atomic E-state index is 0.123. The molecule has 1 rings (SSSR count). The Morgan fingerprint density at radius 3 is 2.67 bits per heavy atom. The van der Waals surface area contributed by atoms with Crippen LogP contribution in [0.25, 0.3) is 0 Å². The van der Waals surface area contributed by atoms with E-state index in [0.717, 1.165) is 23.3 Å². The van der Waals surface area contributed by atoms with Crippen LogP contribution in [-0.4, -0.2) is 31.3 Å². The van der Waals surface area contributed by atoms with Crippen LogP contribution in [0, 0.1) is 0 Å². The van der Waals surface area contributed by atoms with Crippen LogP contribution >= 0.6 is 27.7 Å². The van der Waals surface area contributed by atoms with E-state index in [9.17, 15) is 4.79 Å². The van der Waals surface area contributed by atoms with Gasteiger partial charge in [0.25, 0.3) is 0 Å². The van der Waals surface area contributed by atoms with Crippen LogP contribution in [0.1, 0.15) is 13.3 Å². The zero-order valence-electron chi connectivity index (χ0n) is 10.5. The van der Waals surface area contributed by atoms with Crippen LogP contribution in [0.4, 0.5) is 0 Å². The molecule has 3 nitrogen and oxygen atoms in total. The van der Waals surface area contributed by atoms with Gasteiger partial charge in [-0.05, 0) is 30.8 Å². The Hall–Kier alpha value is -0.520. The van der Waals surface area contributed by atoms with E-state index in [0.29, 0.717) is 13.0 Å². The lowest BCUT2D eigenvalue weighted by atomic mass is 10.4. The molecule has 0 radical (unpaired) electrons. The molecule has 0 saturated carbocycles. The summed E-state index contributed by atoms with van der Waals surface area (Å²) in [6, 6.07) is 8.13. The molecule has 0 aliphatic rings. The fourth-order valence-corrected chi connectivity index (χ4v) is 2.46. The van der Waals surface area contributed by atoms with Crippen molar-refractivity contribution in [1.29, 1.82) is 0 Å². The van der Waals surface area contributed by atoms with Gasteiger partial charge in [-0.2, -0.15) is 0 Å². The van der Waals surface area contributed by atoms with E-state index in [-0.39, 0.29) is 5.91 Å². The Morgan fingerprint density at radius 2 is 2.00 bits per heavy atom. The minimum absolute atomic E-state index is 0.123. The number of likely N-dealkylation sites (N-methyl/N-ethyl adjacent to an activating group) is 1. The third-order valence-corrected chi connectivity index (χ3v) is 3.83. The van der Waals surface area contributed by atoms with Crippen molar-refractivity contribution < 1.29 is 4.79 Å². The smallest absolute Gasteiger partial charge is 0.220 e. The summed E-state index contributed by atoms with van der Waals surface area (Å²) in [4.78, 5) is 12.7. The summed E-state index contributed by atoms with van der Waals surface area (Å²) >= 11 is 5.10. The predicted molar refractivity (Wildman–Crippen MR) is 81.0 cm³/mol. The Labute approximate surface area is 121 Å². The first kappa shape index (κ1) is 15.5. The summed E-state index contributed by atoms with van der Waals surface area (Å²) in [5, 5.41) is 6.06. The number of thioether (sulfide) groups is 1. The molecular formula is C13H19BrN2OS. The Bertz CT molecular complexity index is 357. The number of rotatable bonds is 8. The molecule has 0 bridgehead atoms. The molecule has 2 N–H and O–H groups in total. The zero-order chi connectivity index (χ0) is 13.2. The number of carbonyl (C=O) groups excluding carboxylic acids is 1. The summed E-state index contributed by atoms with van der Waals surface area (Å²) in [7, 11) is 0. The minimum Gasteiger partial charge on any atom is -0.355 e. The van der Waals surface area contributed by atoms with Gasteiger partial charge in [-0.25, -0.2) is 0 Å². The van der Waals surface area contributed by atoms with Crippen LogP contribution in [-0.2, 0) is 4.79 Å². The summed E-state index contributed by atoms with van der Waals surface area (Å²) in [5.41, 5.74) is 0. The summed E-state index contributed by atoms with van der Waals surface area (Å²) in [6.07, 6.45) is 0.562. The number of hydrogen-bond acceptors (Lipinski definition) is 3. The van der Waals surface area contributed by atoms with Gasteiger partial charge in [-0.15, -0.1) is 11.8 Å². The van der Waals surface area contributed by atoms with Crippen LogP contribution in [0.3, 0.4) is 0 Å². The van der Waals surface area contributed by atoms with Gasteiger partial charge in [-0.3, -0.25) is 4.79 Å². The lowest BCUT2D eigenvalue weighted by Crippen LogP contribution is -2.31. The van der Waals surface area contributed by atoms with Gasteiger partial charge in [0.2, 0.25) is 5.91 Å². The van der Waals surface area contributed by atoms with Crippen LogP contribution < -0.4 is 10.6 Å². The second kappa shape index (κ2) is 9.42. The molecule has 0 spiro atoms. The standard InChI is InChI=1S/C13H19BrN2OS/c1-2-15-8-9-16-13(17)7-10-18-12-5-3-11(14)4-6-12/h3-6,15H,2,7-10H2,1H3,(H,16,17). The molecule has 0 aliphatic carbocycles. The van der Waals surface area contributed by atoms with Gasteiger partial charge in [0.15, 0.2) is 0 Å². The Kier molecular flexibility index (Phi) is 8.13. The number of halogens is 1. The maximum Gasteiger partial charge on any atom is 0.220 e. The molecule has 1 amide bonds. The molecule has 1 aromatic rings. The molecule has 1 aromatic carbocycles. The molecule has 0 aromatic heterocycles. The molecule has 5 heteroatoms. The van der Waals surface area contributed by atoms with Crippen molar-refractivity contribution in [2.45, 2.75) is 18.2 Å².